The summed E-state index contributed by atoms with van der Waals surface area (Å²) in [6.45, 7) is 1.33. The van der Waals surface area contributed by atoms with Crippen molar-refractivity contribution in [2.75, 3.05) is 12.3 Å². The predicted molar refractivity (Wildman–Crippen MR) is 47.9 cm³/mol. The van der Waals surface area contributed by atoms with Crippen LogP contribution in [0.25, 0.3) is 0 Å². The van der Waals surface area contributed by atoms with Crippen LogP contribution >= 0.6 is 0 Å². The first kappa shape index (κ1) is 10.7. The number of aliphatic hydroxyl groups excluding tert-OH is 1. The molecule has 0 radical (unpaired) electrons. The van der Waals surface area contributed by atoms with Crippen molar-refractivity contribution in [3.63, 3.8) is 0 Å². The molecule has 0 spiro atoms. The van der Waals surface area contributed by atoms with Gasteiger partial charge in [-0.1, -0.05) is 0 Å². The summed E-state index contributed by atoms with van der Waals surface area (Å²) in [6.07, 6.45) is -0.767. The summed E-state index contributed by atoms with van der Waals surface area (Å²) >= 11 is 0. The lowest BCUT2D eigenvalue weighted by molar-refractivity contribution is 0.120. The lowest BCUT2D eigenvalue weighted by atomic mass is 10.2. The number of aliphatic hydroxyl groups is 1. The van der Waals surface area contributed by atoms with Crippen molar-refractivity contribution >= 4 is 5.69 Å². The van der Waals surface area contributed by atoms with Crippen molar-refractivity contribution < 1.29 is 18.6 Å². The van der Waals surface area contributed by atoms with Gasteiger partial charge in [0.05, 0.1) is 11.8 Å². The van der Waals surface area contributed by atoms with Crippen LogP contribution in [0.2, 0.25) is 0 Å². The molecule has 5 heteroatoms. The number of anilines is 1. The number of rotatable bonds is 3. The van der Waals surface area contributed by atoms with Gasteiger partial charge in [-0.05, 0) is 19.1 Å². The second-order valence-electron chi connectivity index (χ2n) is 2.94. The van der Waals surface area contributed by atoms with Crippen LogP contribution in [0, 0.1) is 11.6 Å². The number of nitrogens with two attached hydrogens (primary N) is 1. The van der Waals surface area contributed by atoms with Crippen LogP contribution in [0.5, 0.6) is 5.75 Å². The Morgan fingerprint density at radius 1 is 1.50 bits per heavy atom. The maximum atomic E-state index is 13.1. The molecular formula is C9H11F2NO2. The molecule has 1 aromatic rings. The van der Waals surface area contributed by atoms with Gasteiger partial charge in [-0.25, -0.2) is 4.39 Å². The SMILES string of the molecule is C[C@@H](O)COc1c(N)ccc(F)c1F. The average Bonchev–Trinajstić information content (AvgIpc) is 2.11. The van der Waals surface area contributed by atoms with E-state index in [0.29, 0.717) is 0 Å². The van der Waals surface area contributed by atoms with Gasteiger partial charge in [-0.2, -0.15) is 4.39 Å². The Hall–Kier alpha value is -1.36. The van der Waals surface area contributed by atoms with Gasteiger partial charge >= 0.3 is 0 Å². The molecule has 14 heavy (non-hydrogen) atoms. The highest BCUT2D eigenvalue weighted by molar-refractivity contribution is 5.53. The third kappa shape index (κ3) is 2.32. The van der Waals surface area contributed by atoms with Gasteiger partial charge in [-0.15, -0.1) is 0 Å². The molecule has 0 aliphatic carbocycles. The van der Waals surface area contributed by atoms with Gasteiger partial charge in [0.1, 0.15) is 6.61 Å². The third-order valence-corrected chi connectivity index (χ3v) is 1.55. The maximum Gasteiger partial charge on any atom is 0.202 e. The highest BCUT2D eigenvalue weighted by atomic mass is 19.2. The Kier molecular flexibility index (Phi) is 3.24. The van der Waals surface area contributed by atoms with Crippen molar-refractivity contribution in [3.8, 4) is 5.75 Å². The highest BCUT2D eigenvalue weighted by Crippen LogP contribution is 2.27. The highest BCUT2D eigenvalue weighted by Gasteiger charge is 2.13. The van der Waals surface area contributed by atoms with E-state index < -0.39 is 17.7 Å². The number of ether oxygens (including phenoxy) is 1. The number of hydrogen-bond donors (Lipinski definition) is 2. The lowest BCUT2D eigenvalue weighted by Crippen LogP contribution is -2.14. The Morgan fingerprint density at radius 2 is 2.14 bits per heavy atom. The Bertz CT molecular complexity index is 329. The lowest BCUT2D eigenvalue weighted by Gasteiger charge is -2.11. The van der Waals surface area contributed by atoms with Gasteiger partial charge < -0.3 is 15.6 Å². The molecule has 0 amide bonds. The topological polar surface area (TPSA) is 55.5 Å². The molecule has 1 atom stereocenters. The quantitative estimate of drug-likeness (QED) is 0.728. The molecule has 0 bridgehead atoms. The Balaban J connectivity index is 2.89. The van der Waals surface area contributed by atoms with Gasteiger partial charge in [-0.3, -0.25) is 0 Å². The zero-order valence-corrected chi connectivity index (χ0v) is 7.63. The summed E-state index contributed by atoms with van der Waals surface area (Å²) in [5.74, 6) is -2.52. The van der Waals surface area contributed by atoms with Gasteiger partial charge in [0, 0.05) is 0 Å². The van der Waals surface area contributed by atoms with Crippen LogP contribution < -0.4 is 10.5 Å². The monoisotopic (exact) mass is 203 g/mol. The average molecular weight is 203 g/mol. The second-order valence-corrected chi connectivity index (χ2v) is 2.94. The van der Waals surface area contributed by atoms with Crippen LogP contribution in [0.3, 0.4) is 0 Å². The molecule has 1 aromatic carbocycles. The molecule has 0 saturated heterocycles. The number of nitrogen functional groups attached to an aromatic ring is 1. The summed E-state index contributed by atoms with van der Waals surface area (Å²) in [5, 5.41) is 8.88. The molecule has 0 unspecified atom stereocenters. The number of hydrogen-bond acceptors (Lipinski definition) is 3. The van der Waals surface area contributed by atoms with Crippen molar-refractivity contribution in [3.05, 3.63) is 23.8 Å². The van der Waals surface area contributed by atoms with E-state index in [1.54, 1.807) is 0 Å². The van der Waals surface area contributed by atoms with E-state index in [-0.39, 0.29) is 18.0 Å². The zero-order valence-electron chi connectivity index (χ0n) is 7.63. The van der Waals surface area contributed by atoms with E-state index >= 15 is 0 Å². The fraction of sp³-hybridized carbons (Fsp3) is 0.333. The van der Waals surface area contributed by atoms with Gasteiger partial charge in [0.15, 0.2) is 11.6 Å². The van der Waals surface area contributed by atoms with Crippen molar-refractivity contribution in [1.29, 1.82) is 0 Å². The first-order valence-electron chi connectivity index (χ1n) is 4.06. The van der Waals surface area contributed by atoms with Crippen LogP contribution in [-0.2, 0) is 0 Å². The smallest absolute Gasteiger partial charge is 0.202 e. The van der Waals surface area contributed by atoms with Crippen molar-refractivity contribution in [1.82, 2.24) is 0 Å². The molecule has 0 aliphatic rings. The summed E-state index contributed by atoms with van der Waals surface area (Å²) < 4.78 is 30.6. The Morgan fingerprint density at radius 3 is 2.71 bits per heavy atom. The minimum absolute atomic E-state index is 0.00421. The second kappa shape index (κ2) is 4.23. The third-order valence-electron chi connectivity index (χ3n) is 1.55. The van der Waals surface area contributed by atoms with E-state index in [9.17, 15) is 8.78 Å². The van der Waals surface area contributed by atoms with Gasteiger partial charge in [0.2, 0.25) is 5.82 Å². The fourth-order valence-electron chi connectivity index (χ4n) is 0.898. The molecule has 0 aromatic heterocycles. The van der Waals surface area contributed by atoms with Crippen LogP contribution in [0.4, 0.5) is 14.5 Å². The molecule has 0 aliphatic heterocycles. The molecule has 3 nitrogen and oxygen atoms in total. The number of halogens is 2. The Labute approximate surface area is 80.1 Å². The zero-order chi connectivity index (χ0) is 10.7. The van der Waals surface area contributed by atoms with Gasteiger partial charge in [0.25, 0.3) is 0 Å². The van der Waals surface area contributed by atoms with Crippen LogP contribution in [-0.4, -0.2) is 17.8 Å². The first-order valence-corrected chi connectivity index (χ1v) is 4.06. The number of benzene rings is 1. The summed E-state index contributed by atoms with van der Waals surface area (Å²) in [7, 11) is 0. The molecule has 1 rings (SSSR count). The van der Waals surface area contributed by atoms with Crippen LogP contribution in [0.15, 0.2) is 12.1 Å². The molecule has 3 N–H and O–H groups in total. The largest absolute Gasteiger partial charge is 0.486 e. The summed E-state index contributed by atoms with van der Waals surface area (Å²) in [5.41, 5.74) is 5.37. The minimum Gasteiger partial charge on any atom is -0.486 e. The van der Waals surface area contributed by atoms with E-state index in [0.717, 1.165) is 6.07 Å². The fourth-order valence-corrected chi connectivity index (χ4v) is 0.898. The van der Waals surface area contributed by atoms with E-state index in [1.807, 2.05) is 0 Å². The first-order chi connectivity index (χ1) is 6.52. The molecule has 0 fully saturated rings. The molecular weight excluding hydrogens is 192 g/mol. The summed E-state index contributed by atoms with van der Waals surface area (Å²) in [6, 6.07) is 2.12. The normalized spacial score (nSPS) is 12.6. The van der Waals surface area contributed by atoms with Crippen molar-refractivity contribution in [2.45, 2.75) is 13.0 Å². The predicted octanol–water partition coefficient (Wildman–Crippen LogP) is 1.31. The molecule has 78 valence electrons. The van der Waals surface area contributed by atoms with E-state index in [1.165, 1.54) is 13.0 Å². The minimum atomic E-state index is -1.13. The van der Waals surface area contributed by atoms with E-state index in [4.69, 9.17) is 15.6 Å². The van der Waals surface area contributed by atoms with Crippen molar-refractivity contribution in [2.24, 2.45) is 0 Å². The van der Waals surface area contributed by atoms with E-state index in [2.05, 4.69) is 0 Å². The maximum absolute atomic E-state index is 13.1. The van der Waals surface area contributed by atoms with Crippen LogP contribution in [0.1, 0.15) is 6.92 Å². The standard InChI is InChI=1S/C9H11F2NO2/c1-5(13)4-14-9-7(12)3-2-6(10)8(9)11/h2-3,5,13H,4,12H2,1H3/t5-/m1/s1. The molecule has 0 saturated carbocycles. The summed E-state index contributed by atoms with van der Waals surface area (Å²) in [4.78, 5) is 0. The molecule has 0 heterocycles.